The van der Waals surface area contributed by atoms with E-state index < -0.39 is 11.6 Å². The summed E-state index contributed by atoms with van der Waals surface area (Å²) in [6.45, 7) is 2.81. The maximum Gasteiger partial charge on any atom is 0.258 e. The van der Waals surface area contributed by atoms with Crippen LogP contribution >= 0.6 is 0 Å². The molecule has 0 bridgehead atoms. The normalized spacial score (nSPS) is 10.5. The molecule has 27 heavy (non-hydrogen) atoms. The van der Waals surface area contributed by atoms with Gasteiger partial charge in [-0.05, 0) is 61.4 Å². The molecule has 0 aliphatic rings. The Bertz CT molecular complexity index is 746. The first kappa shape index (κ1) is 20.6. The van der Waals surface area contributed by atoms with Crippen LogP contribution in [0, 0.1) is 11.6 Å². The molecule has 6 heteroatoms. The van der Waals surface area contributed by atoms with Crippen LogP contribution in [0.1, 0.15) is 43.0 Å². The summed E-state index contributed by atoms with van der Waals surface area (Å²) >= 11 is 0. The van der Waals surface area contributed by atoms with E-state index >= 15 is 0 Å². The Labute approximate surface area is 158 Å². The lowest BCUT2D eigenvalue weighted by atomic mass is 10.1. The number of unbranched alkanes of at least 4 members (excludes halogenated alkanes) is 1. The fourth-order valence-corrected chi connectivity index (χ4v) is 2.61. The van der Waals surface area contributed by atoms with Gasteiger partial charge in [-0.2, -0.15) is 0 Å². The van der Waals surface area contributed by atoms with Gasteiger partial charge in [-0.25, -0.2) is 8.78 Å². The van der Waals surface area contributed by atoms with E-state index in [1.165, 1.54) is 53.4 Å². The summed E-state index contributed by atoms with van der Waals surface area (Å²) in [6, 6.07) is 10.9. The molecule has 0 heterocycles. The highest BCUT2D eigenvalue weighted by molar-refractivity contribution is 6.06. The number of anilines is 1. The van der Waals surface area contributed by atoms with Gasteiger partial charge in [-0.1, -0.05) is 13.3 Å². The summed E-state index contributed by atoms with van der Waals surface area (Å²) in [5.41, 5.74) is 0.885. The Morgan fingerprint density at radius 1 is 0.926 bits per heavy atom. The Balaban J connectivity index is 2.04. The minimum absolute atomic E-state index is 0.00459. The van der Waals surface area contributed by atoms with Gasteiger partial charge < -0.3 is 10.2 Å². The molecule has 144 valence electrons. The Kier molecular flexibility index (Phi) is 7.92. The van der Waals surface area contributed by atoms with Crippen molar-refractivity contribution < 1.29 is 18.4 Å². The first-order valence-corrected chi connectivity index (χ1v) is 9.11. The molecule has 0 spiro atoms. The van der Waals surface area contributed by atoms with Gasteiger partial charge >= 0.3 is 0 Å². The van der Waals surface area contributed by atoms with Gasteiger partial charge in [0.25, 0.3) is 5.91 Å². The maximum atomic E-state index is 13.2. The number of halogens is 2. The third kappa shape index (κ3) is 6.47. The van der Waals surface area contributed by atoms with Gasteiger partial charge in [0, 0.05) is 30.8 Å². The zero-order valence-corrected chi connectivity index (χ0v) is 15.4. The molecular weight excluding hydrogens is 350 g/mol. The Morgan fingerprint density at radius 3 is 2.11 bits per heavy atom. The minimum Gasteiger partial charge on any atom is -0.356 e. The highest BCUT2D eigenvalue weighted by Crippen LogP contribution is 2.18. The molecule has 0 aliphatic carbocycles. The van der Waals surface area contributed by atoms with Crippen LogP contribution < -0.4 is 10.2 Å². The smallest absolute Gasteiger partial charge is 0.258 e. The molecule has 0 saturated heterocycles. The summed E-state index contributed by atoms with van der Waals surface area (Å²) in [5, 5.41) is 2.83. The van der Waals surface area contributed by atoms with E-state index in [4.69, 9.17) is 0 Å². The predicted molar refractivity (Wildman–Crippen MR) is 102 cm³/mol. The van der Waals surface area contributed by atoms with Crippen molar-refractivity contribution in [2.75, 3.05) is 18.0 Å². The van der Waals surface area contributed by atoms with E-state index in [-0.39, 0.29) is 11.8 Å². The molecule has 4 nitrogen and oxygen atoms in total. The van der Waals surface area contributed by atoms with Crippen molar-refractivity contribution in [2.45, 2.75) is 32.6 Å². The number of amides is 2. The molecule has 0 saturated carbocycles. The number of nitrogens with one attached hydrogen (secondary N) is 1. The Morgan fingerprint density at radius 2 is 1.52 bits per heavy atom. The van der Waals surface area contributed by atoms with Crippen LogP contribution in [-0.4, -0.2) is 24.9 Å². The molecule has 2 aromatic rings. The van der Waals surface area contributed by atoms with Crippen molar-refractivity contribution in [1.29, 1.82) is 0 Å². The van der Waals surface area contributed by atoms with Gasteiger partial charge in [-0.3, -0.25) is 9.59 Å². The van der Waals surface area contributed by atoms with Crippen molar-refractivity contribution in [3.63, 3.8) is 0 Å². The van der Waals surface area contributed by atoms with Crippen molar-refractivity contribution in [3.8, 4) is 0 Å². The monoisotopic (exact) mass is 374 g/mol. The van der Waals surface area contributed by atoms with Crippen LogP contribution in [0.3, 0.4) is 0 Å². The lowest BCUT2D eigenvalue weighted by Gasteiger charge is -2.23. The van der Waals surface area contributed by atoms with Crippen LogP contribution in [0.25, 0.3) is 0 Å². The molecule has 0 aromatic heterocycles. The molecule has 1 N–H and O–H groups in total. The number of rotatable bonds is 9. The van der Waals surface area contributed by atoms with Crippen LogP contribution in [0.15, 0.2) is 48.5 Å². The molecular formula is C21H24F2N2O2. The zero-order valence-electron chi connectivity index (χ0n) is 15.4. The highest BCUT2D eigenvalue weighted by atomic mass is 19.1. The molecule has 0 aliphatic heterocycles. The number of hydrogen-bond acceptors (Lipinski definition) is 2. The fraction of sp³-hybridized carbons (Fsp3) is 0.333. The van der Waals surface area contributed by atoms with Crippen LogP contribution in [0.5, 0.6) is 0 Å². The number of carbonyl (C=O) groups is 2. The quantitative estimate of drug-likeness (QED) is 0.665. The van der Waals surface area contributed by atoms with E-state index in [1.54, 1.807) is 0 Å². The van der Waals surface area contributed by atoms with Crippen molar-refractivity contribution in [1.82, 2.24) is 5.32 Å². The van der Waals surface area contributed by atoms with E-state index in [0.717, 1.165) is 12.8 Å². The van der Waals surface area contributed by atoms with Crippen molar-refractivity contribution >= 4 is 17.5 Å². The minimum atomic E-state index is -0.422. The summed E-state index contributed by atoms with van der Waals surface area (Å²) in [4.78, 5) is 26.0. The van der Waals surface area contributed by atoms with Gasteiger partial charge in [-0.15, -0.1) is 0 Å². The number of nitrogens with zero attached hydrogens (tertiary/aromatic N) is 1. The van der Waals surface area contributed by atoms with Gasteiger partial charge in [0.1, 0.15) is 11.6 Å². The molecule has 0 unspecified atom stereocenters. The average Bonchev–Trinajstić information content (AvgIpc) is 2.67. The summed E-state index contributed by atoms with van der Waals surface area (Å²) in [7, 11) is 0. The molecule has 2 amide bonds. The SMILES string of the molecule is CCCCC(=O)NCCCN(C(=O)c1ccc(F)cc1)c1ccc(F)cc1. The number of carbonyl (C=O) groups excluding carboxylic acids is 2. The average molecular weight is 374 g/mol. The summed E-state index contributed by atoms with van der Waals surface area (Å²) in [6.07, 6.45) is 2.84. The molecule has 2 rings (SSSR count). The van der Waals surface area contributed by atoms with Gasteiger partial charge in [0.15, 0.2) is 0 Å². The standard InChI is InChI=1S/C21H24F2N2O2/c1-2-3-5-20(26)24-14-4-15-25(19-12-10-18(23)11-13-19)21(27)16-6-8-17(22)9-7-16/h6-13H,2-5,14-15H2,1H3,(H,24,26). The number of hydrogen-bond donors (Lipinski definition) is 1. The number of benzene rings is 2. The second-order valence-electron chi connectivity index (χ2n) is 6.25. The van der Waals surface area contributed by atoms with Crippen LogP contribution in [0.2, 0.25) is 0 Å². The van der Waals surface area contributed by atoms with Gasteiger partial charge in [0.2, 0.25) is 5.91 Å². The zero-order chi connectivity index (χ0) is 19.6. The highest BCUT2D eigenvalue weighted by Gasteiger charge is 2.18. The van der Waals surface area contributed by atoms with Crippen molar-refractivity contribution in [2.24, 2.45) is 0 Å². The lowest BCUT2D eigenvalue weighted by Crippen LogP contribution is -2.34. The lowest BCUT2D eigenvalue weighted by molar-refractivity contribution is -0.121. The predicted octanol–water partition coefficient (Wildman–Crippen LogP) is 4.31. The van der Waals surface area contributed by atoms with Crippen LogP contribution in [-0.2, 0) is 4.79 Å². The molecule has 2 aromatic carbocycles. The topological polar surface area (TPSA) is 49.4 Å². The van der Waals surface area contributed by atoms with Crippen molar-refractivity contribution in [3.05, 3.63) is 65.7 Å². The second-order valence-corrected chi connectivity index (χ2v) is 6.25. The second kappa shape index (κ2) is 10.4. The third-order valence-electron chi connectivity index (χ3n) is 4.11. The van der Waals surface area contributed by atoms with E-state index in [1.807, 2.05) is 6.92 Å². The molecule has 0 fully saturated rings. The third-order valence-corrected chi connectivity index (χ3v) is 4.11. The summed E-state index contributed by atoms with van der Waals surface area (Å²) in [5.74, 6) is -1.13. The first-order valence-electron chi connectivity index (χ1n) is 9.11. The van der Waals surface area contributed by atoms with E-state index in [9.17, 15) is 18.4 Å². The fourth-order valence-electron chi connectivity index (χ4n) is 2.61. The van der Waals surface area contributed by atoms with Gasteiger partial charge in [0.05, 0.1) is 0 Å². The summed E-state index contributed by atoms with van der Waals surface area (Å²) < 4.78 is 26.3. The molecule has 0 atom stereocenters. The first-order chi connectivity index (χ1) is 13.0. The Hall–Kier alpha value is -2.76. The molecule has 0 radical (unpaired) electrons. The van der Waals surface area contributed by atoms with E-state index in [2.05, 4.69) is 5.32 Å². The largest absolute Gasteiger partial charge is 0.356 e. The van der Waals surface area contributed by atoms with Crippen LogP contribution in [0.4, 0.5) is 14.5 Å². The maximum absolute atomic E-state index is 13.2. The van der Waals surface area contributed by atoms with E-state index in [0.29, 0.717) is 37.2 Å².